The average Bonchev–Trinajstić information content (AvgIpc) is 2.77. The molecule has 5 nitrogen and oxygen atoms in total. The Morgan fingerprint density at radius 1 is 1.43 bits per heavy atom. The molecule has 3 amide bonds. The van der Waals surface area contributed by atoms with Gasteiger partial charge in [-0.15, -0.1) is 0 Å². The topological polar surface area (TPSA) is 73.2 Å². The predicted octanol–water partition coefficient (Wildman–Crippen LogP) is 2.70. The fourth-order valence-corrected chi connectivity index (χ4v) is 3.57. The van der Waals surface area contributed by atoms with Crippen molar-refractivity contribution in [1.29, 1.82) is 5.26 Å². The number of nitrogens with one attached hydrogen (secondary N) is 1. The van der Waals surface area contributed by atoms with Crippen LogP contribution < -0.4 is 5.32 Å². The second kappa shape index (κ2) is 5.65. The summed E-state index contributed by atoms with van der Waals surface area (Å²) in [7, 11) is 0. The van der Waals surface area contributed by atoms with Crippen molar-refractivity contribution in [2.24, 2.45) is 5.92 Å². The monoisotopic (exact) mass is 315 g/mol. The molecule has 23 heavy (non-hydrogen) atoms. The minimum atomic E-state index is -0.849. The number of nitrogens with zero attached hydrogens (tertiary/aromatic N) is 2. The zero-order chi connectivity index (χ0) is 16.6. The molecule has 0 unspecified atom stereocenters. The quantitative estimate of drug-likeness (QED) is 0.853. The SMILES string of the molecule is C[C@H]1CCCC[C@]12NC(=O)N(Cc1cc(C#N)ccc1F)C2=O. The lowest BCUT2D eigenvalue weighted by Crippen LogP contribution is -2.53. The Hall–Kier alpha value is -2.42. The highest BCUT2D eigenvalue weighted by atomic mass is 19.1. The van der Waals surface area contributed by atoms with Crippen molar-refractivity contribution in [3.63, 3.8) is 0 Å². The minimum absolute atomic E-state index is 0.0630. The summed E-state index contributed by atoms with van der Waals surface area (Å²) in [6.45, 7) is 1.82. The van der Waals surface area contributed by atoms with Crippen LogP contribution in [0.4, 0.5) is 9.18 Å². The summed E-state index contributed by atoms with van der Waals surface area (Å²) in [5, 5.41) is 11.8. The van der Waals surface area contributed by atoms with Gasteiger partial charge < -0.3 is 5.32 Å². The largest absolute Gasteiger partial charge is 0.325 e. The number of urea groups is 1. The third-order valence-corrected chi connectivity index (χ3v) is 5.00. The fraction of sp³-hybridized carbons (Fsp3) is 0.471. The molecule has 1 aromatic rings. The molecule has 3 rings (SSSR count). The number of halogens is 1. The van der Waals surface area contributed by atoms with Crippen LogP contribution in [-0.2, 0) is 11.3 Å². The molecule has 0 radical (unpaired) electrons. The van der Waals surface area contributed by atoms with Crippen molar-refractivity contribution in [2.75, 3.05) is 0 Å². The van der Waals surface area contributed by atoms with Crippen LogP contribution in [0.5, 0.6) is 0 Å². The molecule has 1 spiro atoms. The van der Waals surface area contributed by atoms with Crippen LogP contribution in [0.25, 0.3) is 0 Å². The summed E-state index contributed by atoms with van der Waals surface area (Å²) in [5.74, 6) is -0.744. The molecule has 2 fully saturated rings. The molecule has 1 aliphatic heterocycles. The van der Waals surface area contributed by atoms with Crippen LogP contribution in [-0.4, -0.2) is 22.4 Å². The number of hydrogen-bond acceptors (Lipinski definition) is 3. The Morgan fingerprint density at radius 2 is 2.22 bits per heavy atom. The van der Waals surface area contributed by atoms with Crippen LogP contribution in [0.15, 0.2) is 18.2 Å². The minimum Gasteiger partial charge on any atom is -0.323 e. The molecule has 0 aromatic heterocycles. The van der Waals surface area contributed by atoms with Crippen LogP contribution in [0.2, 0.25) is 0 Å². The van der Waals surface area contributed by atoms with Gasteiger partial charge in [0.05, 0.1) is 18.2 Å². The molecule has 1 aromatic carbocycles. The van der Waals surface area contributed by atoms with Gasteiger partial charge in [0.2, 0.25) is 0 Å². The summed E-state index contributed by atoms with van der Waals surface area (Å²) in [4.78, 5) is 26.2. The Kier molecular flexibility index (Phi) is 3.80. The van der Waals surface area contributed by atoms with Crippen LogP contribution in [0, 0.1) is 23.1 Å². The van der Waals surface area contributed by atoms with Gasteiger partial charge in [-0.25, -0.2) is 9.18 Å². The number of rotatable bonds is 2. The maximum Gasteiger partial charge on any atom is 0.325 e. The molecule has 0 bridgehead atoms. The third kappa shape index (κ3) is 2.46. The Balaban J connectivity index is 1.88. The van der Waals surface area contributed by atoms with E-state index in [0.717, 1.165) is 24.2 Å². The lowest BCUT2D eigenvalue weighted by Gasteiger charge is -2.36. The lowest BCUT2D eigenvalue weighted by atomic mass is 9.73. The first-order chi connectivity index (χ1) is 11.0. The van der Waals surface area contributed by atoms with E-state index < -0.39 is 17.4 Å². The maximum atomic E-state index is 13.9. The van der Waals surface area contributed by atoms with Gasteiger partial charge in [-0.05, 0) is 37.0 Å². The molecule has 1 saturated carbocycles. The summed E-state index contributed by atoms with van der Waals surface area (Å²) >= 11 is 0. The van der Waals surface area contributed by atoms with Crippen LogP contribution in [0.3, 0.4) is 0 Å². The van der Waals surface area contributed by atoms with E-state index in [1.165, 1.54) is 18.2 Å². The van der Waals surface area contributed by atoms with E-state index in [1.54, 1.807) is 0 Å². The first-order valence-electron chi connectivity index (χ1n) is 7.80. The van der Waals surface area contributed by atoms with Gasteiger partial charge in [0.25, 0.3) is 5.91 Å². The molecule has 2 aliphatic rings. The van der Waals surface area contributed by atoms with Crippen LogP contribution in [0.1, 0.15) is 43.7 Å². The number of benzene rings is 1. The number of amides is 3. The summed E-state index contributed by atoms with van der Waals surface area (Å²) in [6.07, 6.45) is 3.45. The fourth-order valence-electron chi connectivity index (χ4n) is 3.57. The van der Waals surface area contributed by atoms with Gasteiger partial charge in [0.15, 0.2) is 0 Å². The Labute approximate surface area is 134 Å². The van der Waals surface area contributed by atoms with Crippen molar-refractivity contribution >= 4 is 11.9 Å². The zero-order valence-electron chi connectivity index (χ0n) is 12.9. The van der Waals surface area contributed by atoms with Gasteiger partial charge in [-0.1, -0.05) is 19.8 Å². The summed E-state index contributed by atoms with van der Waals surface area (Å²) in [6, 6.07) is 5.39. The van der Waals surface area contributed by atoms with E-state index in [0.29, 0.717) is 12.0 Å². The highest BCUT2D eigenvalue weighted by Gasteiger charge is 2.54. The number of nitriles is 1. The smallest absolute Gasteiger partial charge is 0.323 e. The van der Waals surface area contributed by atoms with E-state index >= 15 is 0 Å². The van der Waals surface area contributed by atoms with E-state index in [4.69, 9.17) is 5.26 Å². The van der Waals surface area contributed by atoms with Gasteiger partial charge in [-0.2, -0.15) is 5.26 Å². The van der Waals surface area contributed by atoms with Crippen molar-refractivity contribution < 1.29 is 14.0 Å². The van der Waals surface area contributed by atoms with Crippen molar-refractivity contribution in [2.45, 2.75) is 44.7 Å². The Bertz CT molecular complexity index is 712. The number of hydrogen-bond donors (Lipinski definition) is 1. The first-order valence-corrected chi connectivity index (χ1v) is 7.80. The molecular formula is C17H18FN3O2. The highest BCUT2D eigenvalue weighted by Crippen LogP contribution is 2.38. The summed E-state index contributed by atoms with van der Waals surface area (Å²) in [5.41, 5.74) is -0.374. The molecule has 1 aliphatic carbocycles. The average molecular weight is 315 g/mol. The second-order valence-electron chi connectivity index (χ2n) is 6.36. The summed E-state index contributed by atoms with van der Waals surface area (Å²) < 4.78 is 13.9. The number of imide groups is 1. The molecule has 6 heteroatoms. The van der Waals surface area contributed by atoms with E-state index in [1.807, 2.05) is 13.0 Å². The number of carbonyl (C=O) groups excluding carboxylic acids is 2. The molecule has 120 valence electrons. The van der Waals surface area contributed by atoms with E-state index in [-0.39, 0.29) is 23.9 Å². The Morgan fingerprint density at radius 3 is 2.91 bits per heavy atom. The predicted molar refractivity (Wildman–Crippen MR) is 80.6 cm³/mol. The normalized spacial score (nSPS) is 27.2. The van der Waals surface area contributed by atoms with Gasteiger partial charge >= 0.3 is 6.03 Å². The molecule has 1 N–H and O–H groups in total. The van der Waals surface area contributed by atoms with Gasteiger partial charge in [-0.3, -0.25) is 9.69 Å². The number of carbonyl (C=O) groups is 2. The van der Waals surface area contributed by atoms with Crippen molar-refractivity contribution in [3.05, 3.63) is 35.1 Å². The highest BCUT2D eigenvalue weighted by molar-refractivity contribution is 6.07. The molecule has 1 heterocycles. The standard InChI is InChI=1S/C17H18FN3O2/c1-11-4-2-3-7-17(11)15(22)21(16(23)20-17)10-13-8-12(9-19)5-6-14(13)18/h5-6,8,11H,2-4,7,10H2,1H3,(H,20,23)/t11-,17-/m0/s1. The van der Waals surface area contributed by atoms with Crippen molar-refractivity contribution in [1.82, 2.24) is 10.2 Å². The van der Waals surface area contributed by atoms with Gasteiger partial charge in [0, 0.05) is 5.56 Å². The van der Waals surface area contributed by atoms with Gasteiger partial charge in [0.1, 0.15) is 11.4 Å². The second-order valence-corrected chi connectivity index (χ2v) is 6.36. The lowest BCUT2D eigenvalue weighted by molar-refractivity contribution is -0.134. The van der Waals surface area contributed by atoms with E-state index in [9.17, 15) is 14.0 Å². The third-order valence-electron chi connectivity index (χ3n) is 5.00. The van der Waals surface area contributed by atoms with Crippen LogP contribution >= 0.6 is 0 Å². The first kappa shape index (κ1) is 15.5. The molecule has 1 saturated heterocycles. The zero-order valence-corrected chi connectivity index (χ0v) is 12.9. The van der Waals surface area contributed by atoms with E-state index in [2.05, 4.69) is 5.32 Å². The molecule has 2 atom stereocenters. The maximum absolute atomic E-state index is 13.9. The van der Waals surface area contributed by atoms with Crippen molar-refractivity contribution in [3.8, 4) is 6.07 Å². The molecular weight excluding hydrogens is 297 g/mol.